The number of amidine groups is 1. The predicted octanol–water partition coefficient (Wildman–Crippen LogP) is 2.36. The second kappa shape index (κ2) is 7.95. The number of hydrazine groups is 1. The number of nitrogens with zero attached hydrogens (tertiary/aromatic N) is 2. The van der Waals surface area contributed by atoms with Gasteiger partial charge in [0.1, 0.15) is 11.6 Å². The monoisotopic (exact) mass is 352 g/mol. The van der Waals surface area contributed by atoms with Crippen molar-refractivity contribution in [3.05, 3.63) is 53.6 Å². The number of hydrogen-bond donors (Lipinski definition) is 4. The molecule has 0 saturated heterocycles. The summed E-state index contributed by atoms with van der Waals surface area (Å²) < 4.78 is 30.2. The van der Waals surface area contributed by atoms with Crippen LogP contribution in [-0.4, -0.2) is 25.0 Å². The Morgan fingerprint density at radius 2 is 1.92 bits per heavy atom. The summed E-state index contributed by atoms with van der Waals surface area (Å²) in [6.07, 6.45) is 0. The number of anilines is 2. The van der Waals surface area contributed by atoms with E-state index in [1.165, 1.54) is 19.0 Å². The van der Waals surface area contributed by atoms with E-state index in [0.29, 0.717) is 11.3 Å². The highest BCUT2D eigenvalue weighted by molar-refractivity contribution is 7.97. The van der Waals surface area contributed by atoms with E-state index in [4.69, 9.17) is 11.6 Å². The Labute approximate surface area is 143 Å². The summed E-state index contributed by atoms with van der Waals surface area (Å²) in [7, 11) is 3.31. The maximum Gasteiger partial charge on any atom is 0.154 e. The molecule has 9 heteroatoms. The highest BCUT2D eigenvalue weighted by Crippen LogP contribution is 2.27. The maximum absolute atomic E-state index is 13.9. The van der Waals surface area contributed by atoms with E-state index >= 15 is 0 Å². The van der Waals surface area contributed by atoms with Gasteiger partial charge in [-0.05, 0) is 49.3 Å². The van der Waals surface area contributed by atoms with E-state index in [-0.39, 0.29) is 11.5 Å². The molecule has 2 aromatic carbocycles. The molecule has 0 heterocycles. The second-order valence-corrected chi connectivity index (χ2v) is 5.91. The van der Waals surface area contributed by atoms with Gasteiger partial charge in [0.2, 0.25) is 0 Å². The normalized spacial score (nSPS) is 11.5. The lowest BCUT2D eigenvalue weighted by molar-refractivity contribution is 0.371. The smallest absolute Gasteiger partial charge is 0.154 e. The lowest BCUT2D eigenvalue weighted by atomic mass is 10.1. The van der Waals surface area contributed by atoms with Gasteiger partial charge in [-0.25, -0.2) is 19.7 Å². The molecule has 0 atom stereocenters. The zero-order valence-electron chi connectivity index (χ0n) is 13.2. The van der Waals surface area contributed by atoms with Gasteiger partial charge in [-0.2, -0.15) is 0 Å². The minimum absolute atomic E-state index is 0.000766. The molecule has 0 radical (unpaired) electrons. The SMILES string of the molecule is CNSc1ccc(Nc2cc(F)ccc2F)c(/C(N)=N/N(C)N)c1. The number of hydrazone groups is 1. The third kappa shape index (κ3) is 4.57. The number of halogens is 2. The molecule has 24 heavy (non-hydrogen) atoms. The molecule has 2 rings (SSSR count). The van der Waals surface area contributed by atoms with Crippen molar-refractivity contribution >= 4 is 29.2 Å². The first-order valence-electron chi connectivity index (χ1n) is 6.93. The average Bonchev–Trinajstić information content (AvgIpc) is 2.52. The van der Waals surface area contributed by atoms with Gasteiger partial charge in [0, 0.05) is 29.3 Å². The summed E-state index contributed by atoms with van der Waals surface area (Å²) in [5.41, 5.74) is 6.96. The highest BCUT2D eigenvalue weighted by atomic mass is 32.2. The van der Waals surface area contributed by atoms with E-state index in [0.717, 1.165) is 28.2 Å². The molecule has 6 nitrogen and oxygen atoms in total. The van der Waals surface area contributed by atoms with E-state index in [1.54, 1.807) is 19.2 Å². The van der Waals surface area contributed by atoms with Gasteiger partial charge in [-0.1, -0.05) is 0 Å². The molecular formula is C15H18F2N6S. The van der Waals surface area contributed by atoms with Crippen LogP contribution in [-0.2, 0) is 0 Å². The fraction of sp³-hybridized carbons (Fsp3) is 0.133. The Balaban J connectivity index is 2.46. The molecule has 0 aromatic heterocycles. The number of nitrogens with two attached hydrogens (primary N) is 2. The third-order valence-electron chi connectivity index (χ3n) is 2.95. The van der Waals surface area contributed by atoms with Crippen molar-refractivity contribution in [1.29, 1.82) is 0 Å². The topological polar surface area (TPSA) is 91.7 Å². The number of hydrogen-bond acceptors (Lipinski definition) is 6. The summed E-state index contributed by atoms with van der Waals surface area (Å²) in [5.74, 6) is 4.50. The molecule has 128 valence electrons. The lowest BCUT2D eigenvalue weighted by Crippen LogP contribution is -2.26. The Bertz CT molecular complexity index is 751. The maximum atomic E-state index is 13.9. The van der Waals surface area contributed by atoms with Crippen molar-refractivity contribution in [3.63, 3.8) is 0 Å². The van der Waals surface area contributed by atoms with Crippen LogP contribution >= 0.6 is 11.9 Å². The van der Waals surface area contributed by atoms with Crippen molar-refractivity contribution < 1.29 is 8.78 Å². The summed E-state index contributed by atoms with van der Waals surface area (Å²) in [5, 5.41) is 7.87. The van der Waals surface area contributed by atoms with Crippen molar-refractivity contribution in [2.24, 2.45) is 16.7 Å². The zero-order chi connectivity index (χ0) is 17.7. The fourth-order valence-corrected chi connectivity index (χ4v) is 2.54. The fourth-order valence-electron chi connectivity index (χ4n) is 1.99. The molecule has 0 bridgehead atoms. The molecule has 0 amide bonds. The average molecular weight is 352 g/mol. The largest absolute Gasteiger partial charge is 0.382 e. The first-order valence-corrected chi connectivity index (χ1v) is 7.75. The molecule has 6 N–H and O–H groups in total. The number of benzene rings is 2. The lowest BCUT2D eigenvalue weighted by Gasteiger charge is -2.15. The van der Waals surface area contributed by atoms with Crippen LogP contribution in [0.25, 0.3) is 0 Å². The van der Waals surface area contributed by atoms with Crippen LogP contribution in [0.1, 0.15) is 5.56 Å². The summed E-state index contributed by atoms with van der Waals surface area (Å²) in [4.78, 5) is 0.871. The first kappa shape index (κ1) is 18.0. The molecule has 0 aliphatic heterocycles. The Morgan fingerprint density at radius 1 is 1.17 bits per heavy atom. The minimum Gasteiger partial charge on any atom is -0.382 e. The van der Waals surface area contributed by atoms with Crippen molar-refractivity contribution in [2.75, 3.05) is 19.4 Å². The van der Waals surface area contributed by atoms with Gasteiger partial charge in [-0.3, -0.25) is 4.72 Å². The summed E-state index contributed by atoms with van der Waals surface area (Å²) in [6, 6.07) is 8.45. The van der Waals surface area contributed by atoms with Crippen LogP contribution in [0.4, 0.5) is 20.2 Å². The van der Waals surface area contributed by atoms with E-state index < -0.39 is 11.6 Å². The second-order valence-electron chi connectivity index (χ2n) is 4.82. The summed E-state index contributed by atoms with van der Waals surface area (Å²) >= 11 is 1.38. The molecule has 0 fully saturated rings. The van der Waals surface area contributed by atoms with Gasteiger partial charge in [0.05, 0.1) is 5.69 Å². The van der Waals surface area contributed by atoms with Crippen LogP contribution in [0.3, 0.4) is 0 Å². The standard InChI is InChI=1S/C15H18F2N6S/c1-20-24-10-4-6-13(11(8-10)15(18)22-23(2)19)21-14-7-9(16)3-5-12(14)17/h3-8,20-21H,19H2,1-2H3,(H2,18,22). The van der Waals surface area contributed by atoms with Gasteiger partial charge in [0.25, 0.3) is 0 Å². The molecule has 0 aliphatic carbocycles. The van der Waals surface area contributed by atoms with Gasteiger partial charge >= 0.3 is 0 Å². The van der Waals surface area contributed by atoms with Crippen molar-refractivity contribution in [1.82, 2.24) is 9.84 Å². The number of nitrogens with one attached hydrogen (secondary N) is 2. The van der Waals surface area contributed by atoms with Gasteiger partial charge < -0.3 is 11.1 Å². The Hall–Kier alpha value is -2.36. The van der Waals surface area contributed by atoms with Gasteiger partial charge in [-0.15, -0.1) is 5.10 Å². The van der Waals surface area contributed by atoms with Crippen molar-refractivity contribution in [3.8, 4) is 0 Å². The molecule has 0 spiro atoms. The predicted molar refractivity (Wildman–Crippen MR) is 93.7 cm³/mol. The Kier molecular flexibility index (Phi) is 5.96. The van der Waals surface area contributed by atoms with Crippen LogP contribution in [0.5, 0.6) is 0 Å². The zero-order valence-corrected chi connectivity index (χ0v) is 14.0. The quantitative estimate of drug-likeness (QED) is 0.210. The van der Waals surface area contributed by atoms with Gasteiger partial charge in [0.15, 0.2) is 5.84 Å². The van der Waals surface area contributed by atoms with Crippen molar-refractivity contribution in [2.45, 2.75) is 4.90 Å². The molecule has 0 unspecified atom stereocenters. The first-order chi connectivity index (χ1) is 11.4. The van der Waals surface area contributed by atoms with E-state index in [9.17, 15) is 8.78 Å². The van der Waals surface area contributed by atoms with E-state index in [2.05, 4.69) is 15.1 Å². The van der Waals surface area contributed by atoms with Crippen LogP contribution in [0.2, 0.25) is 0 Å². The third-order valence-corrected chi connectivity index (χ3v) is 3.64. The molecular weight excluding hydrogens is 334 g/mol. The van der Waals surface area contributed by atoms with Crippen LogP contribution in [0, 0.1) is 11.6 Å². The summed E-state index contributed by atoms with van der Waals surface area (Å²) in [6.45, 7) is 0. The van der Waals surface area contributed by atoms with Crippen LogP contribution < -0.4 is 21.6 Å². The molecule has 0 aliphatic rings. The van der Waals surface area contributed by atoms with Crippen LogP contribution in [0.15, 0.2) is 46.4 Å². The van der Waals surface area contributed by atoms with E-state index in [1.807, 2.05) is 6.07 Å². The molecule has 0 saturated carbocycles. The molecule has 2 aromatic rings. The number of rotatable bonds is 6. The minimum atomic E-state index is -0.581. The Morgan fingerprint density at radius 3 is 2.58 bits per heavy atom. The highest BCUT2D eigenvalue weighted by Gasteiger charge is 2.12.